The highest BCUT2D eigenvalue weighted by atomic mass is 14.7. The van der Waals surface area contributed by atoms with Crippen molar-refractivity contribution in [2.45, 2.75) is 0 Å². The average molecular weight is 943 g/mol. The molecule has 0 radical (unpaired) electrons. The van der Waals surface area contributed by atoms with Crippen LogP contribution in [0, 0.1) is 11.3 Å². The summed E-state index contributed by atoms with van der Waals surface area (Å²) in [5, 5.41) is 9.56. The maximum Gasteiger partial charge on any atom is 0.0991 e. The maximum absolute atomic E-state index is 9.56. The van der Waals surface area contributed by atoms with Gasteiger partial charge in [-0.05, 0) is 127 Å². The van der Waals surface area contributed by atoms with Crippen LogP contribution in [0.15, 0.2) is 279 Å². The molecular weight excluding hydrogens is 897 g/mol. The van der Waals surface area contributed by atoms with E-state index in [1.54, 1.807) is 0 Å². The molecule has 9 aromatic carbocycles. The van der Waals surface area contributed by atoms with E-state index in [1.807, 2.05) is 73.2 Å². The summed E-state index contributed by atoms with van der Waals surface area (Å²) in [4.78, 5) is 15.0. The van der Waals surface area contributed by atoms with Gasteiger partial charge in [0.05, 0.1) is 28.7 Å². The van der Waals surface area contributed by atoms with E-state index in [0.29, 0.717) is 5.56 Å². The quantitative estimate of drug-likeness (QED) is 0.130. The van der Waals surface area contributed by atoms with Crippen molar-refractivity contribution in [2.75, 3.05) is 0 Å². The third kappa shape index (κ3) is 9.33. The Hall–Kier alpha value is -10.1. The number of pyridine rings is 3. The lowest BCUT2D eigenvalue weighted by molar-refractivity contribution is 1.32. The third-order valence-corrected chi connectivity index (χ3v) is 13.7. The zero-order valence-corrected chi connectivity index (χ0v) is 40.3. The fraction of sp³-hybridized carbons (Fsp3) is 0. The summed E-state index contributed by atoms with van der Waals surface area (Å²) in [5.41, 5.74) is 23.9. The van der Waals surface area contributed by atoms with Crippen molar-refractivity contribution >= 4 is 0 Å². The molecule has 0 bridgehead atoms. The molecule has 346 valence electrons. The van der Waals surface area contributed by atoms with Crippen LogP contribution in [-0.2, 0) is 0 Å². The van der Waals surface area contributed by atoms with Crippen molar-refractivity contribution in [3.05, 3.63) is 285 Å². The monoisotopic (exact) mass is 942 g/mol. The summed E-state index contributed by atoms with van der Waals surface area (Å²) < 4.78 is 0. The van der Waals surface area contributed by atoms with Gasteiger partial charge >= 0.3 is 0 Å². The predicted molar refractivity (Wildman–Crippen MR) is 304 cm³/mol. The van der Waals surface area contributed by atoms with E-state index in [-0.39, 0.29) is 0 Å². The molecule has 0 amide bonds. The van der Waals surface area contributed by atoms with Gasteiger partial charge in [0, 0.05) is 52.0 Å². The molecule has 0 aliphatic rings. The number of nitrogens with zero attached hydrogens (tertiary/aromatic N) is 4. The minimum absolute atomic E-state index is 0.606. The summed E-state index contributed by atoms with van der Waals surface area (Å²) >= 11 is 0. The molecule has 3 aromatic heterocycles. The maximum atomic E-state index is 9.56. The second-order valence-electron chi connectivity index (χ2n) is 18.3. The summed E-state index contributed by atoms with van der Waals surface area (Å²) in [6.45, 7) is 0. The van der Waals surface area contributed by atoms with Crippen LogP contribution >= 0.6 is 0 Å². The Morgan fingerprint density at radius 1 is 0.216 bits per heavy atom. The van der Waals surface area contributed by atoms with Crippen molar-refractivity contribution in [3.8, 4) is 129 Å². The average Bonchev–Trinajstić information content (AvgIpc) is 3.50. The molecule has 0 aliphatic heterocycles. The van der Waals surface area contributed by atoms with Gasteiger partial charge in [0.15, 0.2) is 0 Å². The lowest BCUT2D eigenvalue weighted by Crippen LogP contribution is -1.93. The molecular formula is C70H46N4. The predicted octanol–water partition coefficient (Wildman–Crippen LogP) is 18.1. The van der Waals surface area contributed by atoms with Gasteiger partial charge in [-0.25, -0.2) is 0 Å². The molecule has 0 atom stereocenters. The Kier molecular flexibility index (Phi) is 12.4. The zero-order chi connectivity index (χ0) is 49.6. The molecule has 0 fully saturated rings. The van der Waals surface area contributed by atoms with Crippen LogP contribution in [0.3, 0.4) is 0 Å². The summed E-state index contributed by atoms with van der Waals surface area (Å²) in [5.74, 6) is 0. The summed E-state index contributed by atoms with van der Waals surface area (Å²) in [6.07, 6.45) is 5.93. The van der Waals surface area contributed by atoms with Gasteiger partial charge in [0.25, 0.3) is 0 Å². The van der Waals surface area contributed by atoms with E-state index < -0.39 is 0 Å². The second-order valence-corrected chi connectivity index (χ2v) is 18.3. The molecule has 0 unspecified atom stereocenters. The van der Waals surface area contributed by atoms with Gasteiger partial charge in [-0.15, -0.1) is 0 Å². The van der Waals surface area contributed by atoms with Crippen LogP contribution in [0.4, 0.5) is 0 Å². The molecule has 0 aliphatic carbocycles. The van der Waals surface area contributed by atoms with E-state index >= 15 is 0 Å². The van der Waals surface area contributed by atoms with Gasteiger partial charge in [0.1, 0.15) is 0 Å². The minimum Gasteiger partial charge on any atom is -0.256 e. The van der Waals surface area contributed by atoms with Crippen LogP contribution < -0.4 is 0 Å². The highest BCUT2D eigenvalue weighted by Gasteiger charge is 2.17. The second kappa shape index (κ2) is 20.3. The first-order chi connectivity index (χ1) is 36.6. The molecule has 3 heterocycles. The molecule has 0 N–H and O–H groups in total. The highest BCUT2D eigenvalue weighted by Crippen LogP contribution is 2.43. The van der Waals surface area contributed by atoms with E-state index in [0.717, 1.165) is 112 Å². The van der Waals surface area contributed by atoms with Crippen molar-refractivity contribution < 1.29 is 0 Å². The van der Waals surface area contributed by atoms with Crippen molar-refractivity contribution in [3.63, 3.8) is 0 Å². The van der Waals surface area contributed by atoms with Crippen molar-refractivity contribution in [1.29, 1.82) is 5.26 Å². The minimum atomic E-state index is 0.606. The van der Waals surface area contributed by atoms with Crippen LogP contribution in [0.1, 0.15) is 5.56 Å². The topological polar surface area (TPSA) is 62.5 Å². The number of aromatic nitrogens is 3. The number of hydrogen-bond acceptors (Lipinski definition) is 4. The van der Waals surface area contributed by atoms with Crippen molar-refractivity contribution in [2.24, 2.45) is 0 Å². The van der Waals surface area contributed by atoms with Crippen LogP contribution in [0.25, 0.3) is 123 Å². The molecule has 4 nitrogen and oxygen atoms in total. The fourth-order valence-corrected chi connectivity index (χ4v) is 9.93. The van der Waals surface area contributed by atoms with Gasteiger partial charge in [-0.2, -0.15) is 5.26 Å². The Morgan fingerprint density at radius 3 is 0.932 bits per heavy atom. The molecule has 0 saturated carbocycles. The Labute approximate surface area is 431 Å². The van der Waals surface area contributed by atoms with Gasteiger partial charge < -0.3 is 0 Å². The molecule has 12 rings (SSSR count). The lowest BCUT2D eigenvalue weighted by Gasteiger charge is -2.18. The number of rotatable bonds is 11. The molecule has 0 spiro atoms. The summed E-state index contributed by atoms with van der Waals surface area (Å²) in [7, 11) is 0. The Morgan fingerprint density at radius 2 is 0.514 bits per heavy atom. The normalized spacial score (nSPS) is 11.0. The van der Waals surface area contributed by atoms with Gasteiger partial charge in [-0.3, -0.25) is 15.0 Å². The van der Waals surface area contributed by atoms with Gasteiger partial charge in [0.2, 0.25) is 0 Å². The first-order valence-electron chi connectivity index (χ1n) is 24.8. The number of nitriles is 1. The first kappa shape index (κ1) is 45.1. The van der Waals surface area contributed by atoms with E-state index in [1.165, 1.54) is 11.1 Å². The Balaban J connectivity index is 0.933. The fourth-order valence-electron chi connectivity index (χ4n) is 9.93. The number of hydrogen-bond donors (Lipinski definition) is 0. The SMILES string of the molecule is N#Cc1cccc(-c2ccc(-c3ccccc3-c3cc(-c4ccccc4-c4ccc(-c5ccccc5)nc4)cc(-c4ccccc4-c4ccc(-c5cccc(-c6ccc(-c7ccccc7)cc6)c5)nc4)c3)cn2)c1. The van der Waals surface area contributed by atoms with E-state index in [9.17, 15) is 5.26 Å². The molecule has 74 heavy (non-hydrogen) atoms. The van der Waals surface area contributed by atoms with Gasteiger partial charge in [-0.1, -0.05) is 206 Å². The van der Waals surface area contributed by atoms with E-state index in [2.05, 4.69) is 212 Å². The number of benzene rings is 9. The first-order valence-corrected chi connectivity index (χ1v) is 24.8. The van der Waals surface area contributed by atoms with Crippen LogP contribution in [0.5, 0.6) is 0 Å². The molecule has 0 saturated heterocycles. The molecule has 12 aromatic rings. The van der Waals surface area contributed by atoms with Crippen LogP contribution in [-0.4, -0.2) is 15.0 Å². The van der Waals surface area contributed by atoms with Crippen LogP contribution in [0.2, 0.25) is 0 Å². The zero-order valence-electron chi connectivity index (χ0n) is 40.3. The smallest absolute Gasteiger partial charge is 0.0991 e. The standard InChI is InChI=1S/C70H46N4/c71-44-48-15-13-21-54(39-48)69-37-34-57(46-73-69)63-24-8-11-27-66(63)60-41-59(65-26-10-7-23-62(65)56-33-36-68(72-45-56)52-18-5-2-6-19-52)42-61(43-60)67-28-12-9-25-64(67)58-35-38-70(74-47-58)55-22-14-20-53(40-55)51-31-29-50(30-32-51)49-16-3-1-4-17-49/h1-43,45-47H. The Bertz CT molecular complexity index is 3970. The third-order valence-electron chi connectivity index (χ3n) is 13.7. The van der Waals surface area contributed by atoms with Crippen molar-refractivity contribution in [1.82, 2.24) is 15.0 Å². The summed E-state index contributed by atoms with van der Waals surface area (Å²) in [6, 6.07) is 93.5. The largest absolute Gasteiger partial charge is 0.256 e. The van der Waals surface area contributed by atoms with E-state index in [4.69, 9.17) is 15.0 Å². The lowest BCUT2D eigenvalue weighted by atomic mass is 9.86. The highest BCUT2D eigenvalue weighted by molar-refractivity contribution is 5.94. The molecule has 4 heteroatoms.